The number of aliphatic hydroxyl groups is 3. The first kappa shape index (κ1) is 40.9. The average Bonchev–Trinajstić information content (AvgIpc) is 3.29. The summed E-state index contributed by atoms with van der Waals surface area (Å²) in [5.74, 6) is -0.126. The van der Waals surface area contributed by atoms with Gasteiger partial charge in [0.1, 0.15) is 67.2 Å². The van der Waals surface area contributed by atoms with E-state index in [1.165, 1.54) is 19.1 Å². The van der Waals surface area contributed by atoms with E-state index in [1.807, 2.05) is 121 Å². The SMILES string of the molecule is C[C@@H]1O[C@@H](Oc2c(-c3cc(OCc4ccccc4)c(OCc4ccccc4)c(OCc4ccccc4)c3)oc3cc(OCc4ccccc4)cc(O)c3c2=O)[C@H](O)[C@H](O)[C@H]1O. The van der Waals surface area contributed by atoms with Crippen molar-refractivity contribution in [3.63, 3.8) is 0 Å². The topological polar surface area (TPSA) is 167 Å². The lowest BCUT2D eigenvalue weighted by atomic mass is 10.00. The Bertz CT molecular complexity index is 2540. The molecule has 7 aromatic rings. The van der Waals surface area contributed by atoms with Crippen molar-refractivity contribution >= 4 is 11.0 Å². The Hall–Kier alpha value is -6.83. The molecule has 1 saturated heterocycles. The van der Waals surface area contributed by atoms with Crippen LogP contribution in [0, 0.1) is 0 Å². The largest absolute Gasteiger partial charge is 0.507 e. The molecular weight excluding hydrogens is 781 g/mol. The molecule has 2 heterocycles. The Kier molecular flexibility index (Phi) is 12.5. The van der Waals surface area contributed by atoms with Crippen molar-refractivity contribution in [3.8, 4) is 45.8 Å². The molecule has 0 radical (unpaired) electrons. The monoisotopic (exact) mass is 824 g/mol. The third-order valence-corrected chi connectivity index (χ3v) is 10.2. The first-order chi connectivity index (χ1) is 29.7. The van der Waals surface area contributed by atoms with E-state index in [0.717, 1.165) is 22.3 Å². The molecule has 1 aromatic heterocycles. The summed E-state index contributed by atoms with van der Waals surface area (Å²) in [4.78, 5) is 14.6. The van der Waals surface area contributed by atoms with Gasteiger partial charge in [-0.2, -0.15) is 0 Å². The third-order valence-electron chi connectivity index (χ3n) is 10.2. The van der Waals surface area contributed by atoms with E-state index >= 15 is 0 Å². The summed E-state index contributed by atoms with van der Waals surface area (Å²) < 4.78 is 43.9. The predicted molar refractivity (Wildman–Crippen MR) is 226 cm³/mol. The van der Waals surface area contributed by atoms with Crippen LogP contribution >= 0.6 is 0 Å². The molecule has 6 aromatic carbocycles. The van der Waals surface area contributed by atoms with Gasteiger partial charge in [0.05, 0.1) is 6.10 Å². The number of ether oxygens (including phenoxy) is 6. The van der Waals surface area contributed by atoms with Crippen LogP contribution in [0.2, 0.25) is 0 Å². The van der Waals surface area contributed by atoms with Crippen LogP contribution in [0.4, 0.5) is 0 Å². The number of aromatic hydroxyl groups is 1. The van der Waals surface area contributed by atoms with Gasteiger partial charge in [-0.1, -0.05) is 121 Å². The molecule has 1 aliphatic rings. The number of aliphatic hydroxyl groups excluding tert-OH is 3. The van der Waals surface area contributed by atoms with Crippen LogP contribution < -0.4 is 29.1 Å². The number of phenols is 1. The average molecular weight is 825 g/mol. The molecule has 4 N–H and O–H groups in total. The lowest BCUT2D eigenvalue weighted by molar-refractivity contribution is -0.268. The molecule has 1 aliphatic heterocycles. The minimum Gasteiger partial charge on any atom is -0.507 e. The highest BCUT2D eigenvalue weighted by Crippen LogP contribution is 2.46. The zero-order valence-corrected chi connectivity index (χ0v) is 33.1. The van der Waals surface area contributed by atoms with Crippen molar-refractivity contribution < 1.29 is 53.3 Å². The number of rotatable bonds is 15. The number of phenolic OH excluding ortho intramolecular Hbond substituents is 1. The van der Waals surface area contributed by atoms with E-state index in [1.54, 1.807) is 12.1 Å². The Morgan fingerprint density at radius 1 is 0.557 bits per heavy atom. The van der Waals surface area contributed by atoms with Crippen LogP contribution in [-0.2, 0) is 31.2 Å². The summed E-state index contributed by atoms with van der Waals surface area (Å²) in [6.45, 7) is 2.08. The molecular formula is C49H44O12. The quantitative estimate of drug-likeness (QED) is 0.0798. The third kappa shape index (κ3) is 9.48. The molecule has 312 valence electrons. The summed E-state index contributed by atoms with van der Waals surface area (Å²) in [5, 5.41) is 43.2. The van der Waals surface area contributed by atoms with Crippen LogP contribution in [0.3, 0.4) is 0 Å². The molecule has 1 fully saturated rings. The molecule has 0 spiro atoms. The minimum absolute atomic E-state index is 0.0488. The van der Waals surface area contributed by atoms with Crippen LogP contribution in [0.5, 0.6) is 34.5 Å². The number of hydrogen-bond acceptors (Lipinski definition) is 12. The second kappa shape index (κ2) is 18.6. The summed E-state index contributed by atoms with van der Waals surface area (Å²) >= 11 is 0. The molecule has 0 bridgehead atoms. The number of benzene rings is 6. The maximum Gasteiger partial charge on any atom is 0.239 e. The van der Waals surface area contributed by atoms with E-state index in [4.69, 9.17) is 32.8 Å². The smallest absolute Gasteiger partial charge is 0.239 e. The maximum absolute atomic E-state index is 14.6. The van der Waals surface area contributed by atoms with Gasteiger partial charge in [-0.3, -0.25) is 4.79 Å². The standard InChI is InChI=1S/C49H44O12/c1-30-42(51)44(53)45(54)49(59-30)61-48-43(52)41-37(50)24-36(55-26-31-14-6-2-7-15-31)25-38(41)60-46(48)35-22-39(56-27-32-16-8-3-9-17-32)47(58-29-34-20-12-5-13-21-34)40(23-35)57-28-33-18-10-4-11-19-33/h2-25,30,42,44-45,49-51,53-54H,26-29H2,1H3/t30-,42-,44+,45+,49-/m0/s1. The van der Waals surface area contributed by atoms with Crippen molar-refractivity contribution in [3.05, 3.63) is 178 Å². The van der Waals surface area contributed by atoms with Crippen LogP contribution in [-0.4, -0.2) is 51.1 Å². The van der Waals surface area contributed by atoms with E-state index in [-0.39, 0.29) is 71.7 Å². The van der Waals surface area contributed by atoms with Gasteiger partial charge in [-0.05, 0) is 41.3 Å². The molecule has 12 nitrogen and oxygen atoms in total. The summed E-state index contributed by atoms with van der Waals surface area (Å²) in [6.07, 6.45) is -7.51. The van der Waals surface area contributed by atoms with Crippen molar-refractivity contribution in [2.75, 3.05) is 0 Å². The van der Waals surface area contributed by atoms with Gasteiger partial charge in [0.2, 0.25) is 23.2 Å². The van der Waals surface area contributed by atoms with Gasteiger partial charge in [-0.15, -0.1) is 0 Å². The fourth-order valence-electron chi connectivity index (χ4n) is 6.87. The van der Waals surface area contributed by atoms with Crippen LogP contribution in [0.25, 0.3) is 22.3 Å². The van der Waals surface area contributed by atoms with Crippen molar-refractivity contribution in [2.24, 2.45) is 0 Å². The maximum atomic E-state index is 14.6. The number of fused-ring (bicyclic) bond motifs is 1. The van der Waals surface area contributed by atoms with Gasteiger partial charge in [0.25, 0.3) is 0 Å². The highest BCUT2D eigenvalue weighted by molar-refractivity contribution is 5.88. The Morgan fingerprint density at radius 3 is 1.54 bits per heavy atom. The Morgan fingerprint density at radius 2 is 1.03 bits per heavy atom. The van der Waals surface area contributed by atoms with Crippen molar-refractivity contribution in [2.45, 2.75) is 64.1 Å². The summed E-state index contributed by atoms with van der Waals surface area (Å²) in [5.41, 5.74) is 2.85. The molecule has 12 heteroatoms. The molecule has 61 heavy (non-hydrogen) atoms. The Balaban J connectivity index is 1.29. The van der Waals surface area contributed by atoms with Crippen LogP contribution in [0.1, 0.15) is 29.2 Å². The van der Waals surface area contributed by atoms with E-state index in [2.05, 4.69) is 0 Å². The van der Waals surface area contributed by atoms with E-state index < -0.39 is 47.6 Å². The second-order valence-corrected chi connectivity index (χ2v) is 14.6. The number of hydrogen-bond donors (Lipinski definition) is 4. The lowest BCUT2D eigenvalue weighted by Gasteiger charge is -2.38. The van der Waals surface area contributed by atoms with Crippen LogP contribution in [0.15, 0.2) is 155 Å². The molecule has 8 rings (SSSR count). The second-order valence-electron chi connectivity index (χ2n) is 14.6. The predicted octanol–water partition coefficient (Wildman–Crippen LogP) is 7.69. The lowest BCUT2D eigenvalue weighted by Crippen LogP contribution is -2.58. The zero-order valence-electron chi connectivity index (χ0n) is 33.1. The molecule has 0 aliphatic carbocycles. The van der Waals surface area contributed by atoms with Gasteiger partial charge in [0.15, 0.2) is 17.3 Å². The van der Waals surface area contributed by atoms with Gasteiger partial charge < -0.3 is 53.3 Å². The highest BCUT2D eigenvalue weighted by Gasteiger charge is 2.44. The van der Waals surface area contributed by atoms with Crippen molar-refractivity contribution in [1.82, 2.24) is 0 Å². The van der Waals surface area contributed by atoms with E-state index in [0.29, 0.717) is 0 Å². The van der Waals surface area contributed by atoms with E-state index in [9.17, 15) is 25.2 Å². The van der Waals surface area contributed by atoms with Crippen molar-refractivity contribution in [1.29, 1.82) is 0 Å². The molecule has 0 saturated carbocycles. The molecule has 0 unspecified atom stereocenters. The summed E-state index contributed by atoms with van der Waals surface area (Å²) in [7, 11) is 0. The normalized spacial score (nSPS) is 18.7. The van der Waals surface area contributed by atoms with Gasteiger partial charge in [0, 0.05) is 17.7 Å². The molecule has 0 amide bonds. The fraction of sp³-hybridized carbons (Fsp3) is 0.204. The molecule has 5 atom stereocenters. The van der Waals surface area contributed by atoms with Gasteiger partial charge >= 0.3 is 0 Å². The first-order valence-corrected chi connectivity index (χ1v) is 19.8. The minimum atomic E-state index is -1.78. The Labute approximate surface area is 351 Å². The zero-order chi connectivity index (χ0) is 42.3. The fourth-order valence-corrected chi connectivity index (χ4v) is 6.87. The highest BCUT2D eigenvalue weighted by atomic mass is 16.7. The summed E-state index contributed by atoms with van der Waals surface area (Å²) in [6, 6.07) is 44.1. The van der Waals surface area contributed by atoms with Gasteiger partial charge in [-0.25, -0.2) is 0 Å². The first-order valence-electron chi connectivity index (χ1n) is 19.8.